The van der Waals surface area contributed by atoms with Gasteiger partial charge in [-0.3, -0.25) is 4.79 Å². The van der Waals surface area contributed by atoms with Gasteiger partial charge in [-0.25, -0.2) is 4.98 Å². The van der Waals surface area contributed by atoms with Crippen LogP contribution in [0.15, 0.2) is 88.9 Å². The van der Waals surface area contributed by atoms with Gasteiger partial charge >= 0.3 is 5.97 Å². The summed E-state index contributed by atoms with van der Waals surface area (Å²) in [4.78, 5) is 16.7. The van der Waals surface area contributed by atoms with Gasteiger partial charge in [0.05, 0.1) is 4.88 Å². The van der Waals surface area contributed by atoms with Crippen molar-refractivity contribution in [3.63, 3.8) is 0 Å². The number of hydrogen-bond donors (Lipinski definition) is 1. The molecule has 182 valence electrons. The number of carboxylic acids is 1. The van der Waals surface area contributed by atoms with Crippen LogP contribution in [0.1, 0.15) is 29.0 Å². The highest BCUT2D eigenvalue weighted by atomic mass is 32.1. The number of thiophene rings is 1. The molecule has 0 saturated heterocycles. The molecule has 0 aliphatic carbocycles. The fraction of sp³-hybridized carbons (Fsp3) is 0.172. The fourth-order valence-electron chi connectivity index (χ4n) is 4.09. The number of aryl methyl sites for hydroxylation is 2. The first-order chi connectivity index (χ1) is 17.5. The summed E-state index contributed by atoms with van der Waals surface area (Å²) < 4.78 is 13.9. The Morgan fingerprint density at radius 1 is 1.06 bits per heavy atom. The average molecular weight is 499 g/mol. The van der Waals surface area contributed by atoms with Gasteiger partial charge in [-0.15, -0.1) is 11.3 Å². The van der Waals surface area contributed by atoms with Crippen molar-refractivity contribution >= 4 is 17.3 Å². The zero-order chi connectivity index (χ0) is 24.9. The van der Waals surface area contributed by atoms with Crippen molar-refractivity contribution in [3.05, 3.63) is 107 Å². The van der Waals surface area contributed by atoms with E-state index in [1.54, 1.807) is 11.3 Å². The minimum Gasteiger partial charge on any atom is -0.487 e. The molecule has 0 unspecified atom stereocenters. The molecule has 5 aromatic rings. The van der Waals surface area contributed by atoms with Crippen LogP contribution in [0.2, 0.25) is 0 Å². The second kappa shape index (κ2) is 10.7. The molecule has 3 heterocycles. The molecule has 2 aromatic carbocycles. The molecule has 3 aromatic heterocycles. The van der Waals surface area contributed by atoms with Crippen LogP contribution in [-0.2, 0) is 24.4 Å². The van der Waals surface area contributed by atoms with E-state index >= 15 is 0 Å². The molecular formula is C29H26N2O4S. The lowest BCUT2D eigenvalue weighted by Crippen LogP contribution is -1.99. The number of oxazole rings is 1. The summed E-state index contributed by atoms with van der Waals surface area (Å²) in [5.41, 5.74) is 5.11. The number of rotatable bonds is 10. The molecule has 5 rings (SSSR count). The summed E-state index contributed by atoms with van der Waals surface area (Å²) in [5.74, 6) is 1.36. The van der Waals surface area contributed by atoms with Gasteiger partial charge in [0.25, 0.3) is 0 Å². The summed E-state index contributed by atoms with van der Waals surface area (Å²) in [6, 6.07) is 22.0. The summed E-state index contributed by atoms with van der Waals surface area (Å²) >= 11 is 1.59. The van der Waals surface area contributed by atoms with E-state index in [2.05, 4.69) is 27.9 Å². The number of ether oxygens (including phenoxy) is 1. The Hall–Kier alpha value is -4.10. The number of nitrogens with zero attached hydrogens (tertiary/aromatic N) is 2. The third-order valence-electron chi connectivity index (χ3n) is 5.94. The lowest BCUT2D eigenvalue weighted by Gasteiger charge is -2.07. The highest BCUT2D eigenvalue weighted by molar-refractivity contribution is 7.13. The van der Waals surface area contributed by atoms with Gasteiger partial charge in [-0.1, -0.05) is 48.5 Å². The summed E-state index contributed by atoms with van der Waals surface area (Å²) in [7, 11) is 0. The normalized spacial score (nSPS) is 11.0. The van der Waals surface area contributed by atoms with Gasteiger partial charge in [0, 0.05) is 30.9 Å². The Labute approximate surface area is 213 Å². The van der Waals surface area contributed by atoms with Crippen molar-refractivity contribution in [2.75, 3.05) is 0 Å². The third kappa shape index (κ3) is 5.58. The second-order valence-electron chi connectivity index (χ2n) is 8.56. The Bertz CT molecular complexity index is 1430. The minimum absolute atomic E-state index is 0.107. The van der Waals surface area contributed by atoms with Crippen LogP contribution in [0.5, 0.6) is 5.75 Å². The first-order valence-corrected chi connectivity index (χ1v) is 12.6. The SMILES string of the molecule is Cc1oc(-c2cccs2)nc1COc1ccc(Cn2cc(CCC(=O)O)c(-c3ccccc3)c2)cc1. The Kier molecular flexibility index (Phi) is 7.00. The topological polar surface area (TPSA) is 77.5 Å². The van der Waals surface area contributed by atoms with Gasteiger partial charge in [-0.2, -0.15) is 0 Å². The largest absolute Gasteiger partial charge is 0.487 e. The molecular weight excluding hydrogens is 472 g/mol. The maximum absolute atomic E-state index is 11.1. The summed E-state index contributed by atoms with van der Waals surface area (Å²) in [6.45, 7) is 2.92. The zero-order valence-electron chi connectivity index (χ0n) is 19.9. The number of aromatic nitrogens is 2. The first-order valence-electron chi connectivity index (χ1n) is 11.7. The fourth-order valence-corrected chi connectivity index (χ4v) is 4.74. The number of carboxylic acid groups (broad SMARTS) is 1. The van der Waals surface area contributed by atoms with Crippen LogP contribution in [0, 0.1) is 6.92 Å². The van der Waals surface area contributed by atoms with Crippen LogP contribution >= 0.6 is 11.3 Å². The highest BCUT2D eigenvalue weighted by Crippen LogP contribution is 2.28. The van der Waals surface area contributed by atoms with Crippen LogP contribution < -0.4 is 4.74 Å². The molecule has 0 atom stereocenters. The number of hydrogen-bond acceptors (Lipinski definition) is 5. The third-order valence-corrected chi connectivity index (χ3v) is 6.80. The molecule has 0 fully saturated rings. The lowest BCUT2D eigenvalue weighted by atomic mass is 10.0. The van der Waals surface area contributed by atoms with E-state index < -0.39 is 5.97 Å². The van der Waals surface area contributed by atoms with E-state index in [-0.39, 0.29) is 6.42 Å². The Morgan fingerprint density at radius 3 is 2.58 bits per heavy atom. The maximum atomic E-state index is 11.1. The van der Waals surface area contributed by atoms with Crippen molar-refractivity contribution in [1.82, 2.24) is 9.55 Å². The molecule has 0 spiro atoms. The molecule has 0 bridgehead atoms. The predicted octanol–water partition coefficient (Wildman–Crippen LogP) is 6.82. The summed E-state index contributed by atoms with van der Waals surface area (Å²) in [6.07, 6.45) is 4.74. The van der Waals surface area contributed by atoms with E-state index in [1.807, 2.05) is 73.1 Å². The molecule has 0 saturated carbocycles. The number of carbonyl (C=O) groups is 1. The van der Waals surface area contributed by atoms with E-state index in [9.17, 15) is 4.79 Å². The van der Waals surface area contributed by atoms with Crippen LogP contribution in [0.25, 0.3) is 21.9 Å². The molecule has 36 heavy (non-hydrogen) atoms. The van der Waals surface area contributed by atoms with Crippen molar-refractivity contribution in [1.29, 1.82) is 0 Å². The van der Waals surface area contributed by atoms with Crippen molar-refractivity contribution in [3.8, 4) is 27.6 Å². The van der Waals surface area contributed by atoms with E-state index in [0.717, 1.165) is 44.3 Å². The standard InChI is InChI=1S/C29H26N2O4S/c1-20-26(30-29(35-20)27-8-5-15-36-27)19-34-24-12-9-21(10-13-24)16-31-17-23(11-14-28(32)33)25(18-31)22-6-3-2-4-7-22/h2-10,12-13,15,17-18H,11,14,16,19H2,1H3,(H,32,33). The van der Waals surface area contributed by atoms with E-state index in [4.69, 9.17) is 14.3 Å². The quantitative estimate of drug-likeness (QED) is 0.228. The van der Waals surface area contributed by atoms with Gasteiger partial charge in [0.2, 0.25) is 5.89 Å². The minimum atomic E-state index is -0.791. The highest BCUT2D eigenvalue weighted by Gasteiger charge is 2.13. The van der Waals surface area contributed by atoms with E-state index in [0.29, 0.717) is 25.5 Å². The van der Waals surface area contributed by atoms with Gasteiger partial charge in [0.1, 0.15) is 23.8 Å². The van der Waals surface area contributed by atoms with Crippen LogP contribution in [0.4, 0.5) is 0 Å². The molecule has 0 aliphatic heterocycles. The van der Waals surface area contributed by atoms with Gasteiger partial charge in [-0.05, 0) is 53.6 Å². The number of benzene rings is 2. The summed E-state index contributed by atoms with van der Waals surface area (Å²) in [5, 5.41) is 11.2. The van der Waals surface area contributed by atoms with Crippen LogP contribution in [-0.4, -0.2) is 20.6 Å². The molecule has 7 heteroatoms. The first kappa shape index (κ1) is 23.6. The monoisotopic (exact) mass is 498 g/mol. The Morgan fingerprint density at radius 2 is 1.86 bits per heavy atom. The van der Waals surface area contributed by atoms with Gasteiger partial charge < -0.3 is 18.8 Å². The smallest absolute Gasteiger partial charge is 0.303 e. The molecule has 0 radical (unpaired) electrons. The van der Waals surface area contributed by atoms with Crippen LogP contribution in [0.3, 0.4) is 0 Å². The molecule has 1 N–H and O–H groups in total. The lowest BCUT2D eigenvalue weighted by molar-refractivity contribution is -0.136. The van der Waals surface area contributed by atoms with Gasteiger partial charge in [0.15, 0.2) is 0 Å². The van der Waals surface area contributed by atoms with E-state index in [1.165, 1.54) is 0 Å². The average Bonchev–Trinajstić information content (AvgIpc) is 3.63. The van der Waals surface area contributed by atoms with Crippen molar-refractivity contribution < 1.29 is 19.1 Å². The Balaban J connectivity index is 1.25. The maximum Gasteiger partial charge on any atom is 0.303 e. The van der Waals surface area contributed by atoms with Crippen molar-refractivity contribution in [2.24, 2.45) is 0 Å². The predicted molar refractivity (Wildman–Crippen MR) is 140 cm³/mol. The molecule has 6 nitrogen and oxygen atoms in total. The number of aliphatic carboxylic acids is 1. The van der Waals surface area contributed by atoms with Crippen molar-refractivity contribution in [2.45, 2.75) is 32.9 Å². The second-order valence-corrected chi connectivity index (χ2v) is 9.51. The molecule has 0 amide bonds. The molecule has 0 aliphatic rings. The zero-order valence-corrected chi connectivity index (χ0v) is 20.7.